The average molecular weight is 618 g/mol. The molecule has 1 saturated carbocycles. The summed E-state index contributed by atoms with van der Waals surface area (Å²) in [5, 5.41) is 5.13. The molecule has 2 unspecified atom stereocenters. The number of carbonyl (C=O) groups excluding carboxylic acids is 2. The lowest BCUT2D eigenvalue weighted by atomic mass is 9.63. The van der Waals surface area contributed by atoms with E-state index in [1.54, 1.807) is 30.9 Å². The lowest BCUT2D eigenvalue weighted by molar-refractivity contribution is -0.141. The molecule has 1 aromatic carbocycles. The second-order valence-electron chi connectivity index (χ2n) is 13.1. The van der Waals surface area contributed by atoms with Gasteiger partial charge in [0.2, 0.25) is 5.91 Å². The SMILES string of the molecule is NC1CCN(C(=O)c2ccncc2)C([C@@H](Cc2ccc(Cl)cc2)C(=O)N2CCC(Cn3cncn3)(C3CCCCC3)CC2)C1. The van der Waals surface area contributed by atoms with E-state index >= 15 is 0 Å². The summed E-state index contributed by atoms with van der Waals surface area (Å²) in [5.74, 6) is 0.267. The number of carbonyl (C=O) groups is 2. The number of likely N-dealkylation sites (tertiary alicyclic amines) is 2. The highest BCUT2D eigenvalue weighted by molar-refractivity contribution is 6.30. The molecule has 0 spiro atoms. The number of hydrogen-bond acceptors (Lipinski definition) is 6. The maximum Gasteiger partial charge on any atom is 0.254 e. The molecule has 3 aliphatic rings. The fourth-order valence-corrected chi connectivity index (χ4v) is 8.16. The molecule has 9 nitrogen and oxygen atoms in total. The number of rotatable bonds is 8. The van der Waals surface area contributed by atoms with E-state index in [4.69, 9.17) is 17.3 Å². The van der Waals surface area contributed by atoms with Crippen LogP contribution in [0, 0.1) is 17.3 Å². The van der Waals surface area contributed by atoms with E-state index in [0.29, 0.717) is 55.4 Å². The van der Waals surface area contributed by atoms with E-state index in [0.717, 1.165) is 24.9 Å². The Morgan fingerprint density at radius 2 is 1.68 bits per heavy atom. The van der Waals surface area contributed by atoms with Crippen molar-refractivity contribution in [3.63, 3.8) is 0 Å². The number of aromatic nitrogens is 4. The Morgan fingerprint density at radius 1 is 0.955 bits per heavy atom. The van der Waals surface area contributed by atoms with Crippen molar-refractivity contribution < 1.29 is 9.59 Å². The zero-order chi connectivity index (χ0) is 30.5. The van der Waals surface area contributed by atoms with Crippen LogP contribution in [0.15, 0.2) is 61.4 Å². The van der Waals surface area contributed by atoms with Crippen molar-refractivity contribution in [2.75, 3.05) is 19.6 Å². The minimum absolute atomic E-state index is 0.0648. The number of nitrogens with two attached hydrogens (primary N) is 1. The fraction of sp³-hybridized carbons (Fsp3) is 0.559. The van der Waals surface area contributed by atoms with Crippen molar-refractivity contribution in [3.8, 4) is 0 Å². The molecule has 3 fully saturated rings. The summed E-state index contributed by atoms with van der Waals surface area (Å²) >= 11 is 6.21. The molecule has 0 radical (unpaired) electrons. The summed E-state index contributed by atoms with van der Waals surface area (Å²) in [6.07, 6.45) is 16.8. The van der Waals surface area contributed by atoms with Crippen LogP contribution in [-0.2, 0) is 17.8 Å². The lowest BCUT2D eigenvalue weighted by Gasteiger charge is -2.49. The molecule has 6 rings (SSSR count). The van der Waals surface area contributed by atoms with Crippen molar-refractivity contribution in [2.24, 2.45) is 23.0 Å². The van der Waals surface area contributed by atoms with Gasteiger partial charge < -0.3 is 15.5 Å². The molecule has 44 heavy (non-hydrogen) atoms. The Balaban J connectivity index is 1.26. The van der Waals surface area contributed by atoms with Gasteiger partial charge in [0.05, 0.1) is 5.92 Å². The summed E-state index contributed by atoms with van der Waals surface area (Å²) in [6.45, 7) is 2.79. The van der Waals surface area contributed by atoms with Crippen LogP contribution >= 0.6 is 11.6 Å². The van der Waals surface area contributed by atoms with Gasteiger partial charge >= 0.3 is 0 Å². The zero-order valence-electron chi connectivity index (χ0n) is 25.4. The van der Waals surface area contributed by atoms with E-state index in [1.807, 2.05) is 40.2 Å². The summed E-state index contributed by atoms with van der Waals surface area (Å²) in [4.78, 5) is 40.8. The van der Waals surface area contributed by atoms with E-state index in [-0.39, 0.29) is 29.3 Å². The molecule has 3 atom stereocenters. The first-order chi connectivity index (χ1) is 21.4. The third-order valence-electron chi connectivity index (χ3n) is 10.5. The zero-order valence-corrected chi connectivity index (χ0v) is 26.2. The third-order valence-corrected chi connectivity index (χ3v) is 10.8. The summed E-state index contributed by atoms with van der Waals surface area (Å²) in [5.41, 5.74) is 8.25. The molecule has 2 N–H and O–H groups in total. The van der Waals surface area contributed by atoms with Gasteiger partial charge in [-0.05, 0) is 86.1 Å². The molecule has 1 aliphatic carbocycles. The number of hydrogen-bond donors (Lipinski definition) is 1. The van der Waals surface area contributed by atoms with Gasteiger partial charge in [-0.3, -0.25) is 19.3 Å². The summed E-state index contributed by atoms with van der Waals surface area (Å²) < 4.78 is 1.99. The highest BCUT2D eigenvalue weighted by atomic mass is 35.5. The van der Waals surface area contributed by atoms with Gasteiger partial charge in [-0.2, -0.15) is 5.10 Å². The molecular formula is C34H44ClN7O2. The monoisotopic (exact) mass is 617 g/mol. The van der Waals surface area contributed by atoms with Crippen LogP contribution in [0.4, 0.5) is 0 Å². The van der Waals surface area contributed by atoms with Crippen LogP contribution in [0.1, 0.15) is 73.7 Å². The van der Waals surface area contributed by atoms with Crippen LogP contribution in [0.2, 0.25) is 5.02 Å². The Morgan fingerprint density at radius 3 is 2.36 bits per heavy atom. The van der Waals surface area contributed by atoms with Gasteiger partial charge in [-0.1, -0.05) is 43.0 Å². The summed E-state index contributed by atoms with van der Waals surface area (Å²) in [7, 11) is 0. The molecule has 2 amide bonds. The van der Waals surface area contributed by atoms with Gasteiger partial charge in [-0.25, -0.2) is 4.98 Å². The van der Waals surface area contributed by atoms with Crippen molar-refractivity contribution in [2.45, 2.75) is 82.8 Å². The van der Waals surface area contributed by atoms with E-state index in [1.165, 1.54) is 32.1 Å². The highest BCUT2D eigenvalue weighted by Gasteiger charge is 2.46. The lowest BCUT2D eigenvalue weighted by Crippen LogP contribution is -2.58. The number of amides is 2. The molecule has 2 aromatic heterocycles. The quantitative estimate of drug-likeness (QED) is 0.381. The molecule has 234 valence electrons. The van der Waals surface area contributed by atoms with Crippen molar-refractivity contribution in [3.05, 3.63) is 77.6 Å². The largest absolute Gasteiger partial charge is 0.342 e. The molecule has 4 heterocycles. The number of piperidine rings is 2. The normalized spacial score (nSPS) is 23.3. The van der Waals surface area contributed by atoms with Crippen LogP contribution in [0.25, 0.3) is 0 Å². The molecular weight excluding hydrogens is 574 g/mol. The predicted octanol–water partition coefficient (Wildman–Crippen LogP) is 5.01. The van der Waals surface area contributed by atoms with Gasteiger partial charge in [-0.15, -0.1) is 0 Å². The van der Waals surface area contributed by atoms with E-state index in [2.05, 4.69) is 20.0 Å². The minimum atomic E-state index is -0.411. The highest BCUT2D eigenvalue weighted by Crippen LogP contribution is 2.47. The topological polar surface area (TPSA) is 110 Å². The molecule has 2 saturated heterocycles. The van der Waals surface area contributed by atoms with Gasteiger partial charge in [0.1, 0.15) is 12.7 Å². The fourth-order valence-electron chi connectivity index (χ4n) is 8.04. The number of nitrogens with zero attached hydrogens (tertiary/aromatic N) is 6. The van der Waals surface area contributed by atoms with Crippen molar-refractivity contribution in [1.29, 1.82) is 0 Å². The second kappa shape index (κ2) is 13.8. The smallest absolute Gasteiger partial charge is 0.254 e. The third kappa shape index (κ3) is 6.84. The average Bonchev–Trinajstić information content (AvgIpc) is 3.58. The molecule has 10 heteroatoms. The van der Waals surface area contributed by atoms with E-state index in [9.17, 15) is 9.59 Å². The summed E-state index contributed by atoms with van der Waals surface area (Å²) in [6, 6.07) is 10.8. The van der Waals surface area contributed by atoms with Crippen LogP contribution in [-0.4, -0.2) is 73.1 Å². The first kappa shape index (κ1) is 30.7. The van der Waals surface area contributed by atoms with Crippen LogP contribution < -0.4 is 5.73 Å². The molecule has 2 aliphatic heterocycles. The standard InChI is InChI=1S/C34H44ClN7O2/c35-28-8-6-25(7-9-28)20-30(31-21-29(36)12-17-42(31)32(43)26-10-15-37-16-11-26)33(44)40-18-13-34(14-19-40,22-41-24-38-23-39-41)27-4-2-1-3-5-27/h6-11,15-16,23-24,27,29-31H,1-5,12-14,17-22,36H2/t29?,30-,31?/m1/s1. The number of halogens is 1. The molecule has 0 bridgehead atoms. The Hall–Kier alpha value is -3.30. The predicted molar refractivity (Wildman–Crippen MR) is 170 cm³/mol. The van der Waals surface area contributed by atoms with Gasteiger partial charge in [0, 0.05) is 61.2 Å². The minimum Gasteiger partial charge on any atom is -0.342 e. The first-order valence-electron chi connectivity index (χ1n) is 16.2. The first-order valence-corrected chi connectivity index (χ1v) is 16.6. The van der Waals surface area contributed by atoms with Gasteiger partial charge in [0.25, 0.3) is 5.91 Å². The van der Waals surface area contributed by atoms with Crippen LogP contribution in [0.5, 0.6) is 0 Å². The number of benzene rings is 1. The molecule has 3 aromatic rings. The Kier molecular flexibility index (Phi) is 9.62. The number of pyridine rings is 1. The van der Waals surface area contributed by atoms with E-state index < -0.39 is 5.92 Å². The Labute approximate surface area is 265 Å². The van der Waals surface area contributed by atoms with Crippen molar-refractivity contribution in [1.82, 2.24) is 29.5 Å². The van der Waals surface area contributed by atoms with Gasteiger partial charge in [0.15, 0.2) is 0 Å². The maximum absolute atomic E-state index is 14.7. The van der Waals surface area contributed by atoms with Crippen LogP contribution in [0.3, 0.4) is 0 Å². The Bertz CT molecular complexity index is 1370. The van der Waals surface area contributed by atoms with Crippen molar-refractivity contribution >= 4 is 23.4 Å². The second-order valence-corrected chi connectivity index (χ2v) is 13.6. The maximum atomic E-state index is 14.7.